The summed E-state index contributed by atoms with van der Waals surface area (Å²) in [5, 5.41) is 6.60. The van der Waals surface area contributed by atoms with Crippen LogP contribution in [0, 0.1) is 6.92 Å². The van der Waals surface area contributed by atoms with Crippen LogP contribution in [0.2, 0.25) is 5.28 Å². The maximum absolute atomic E-state index is 11.9. The number of carbonyl (C=O) groups is 1. The number of aromatic nitrogens is 2. The van der Waals surface area contributed by atoms with Crippen LogP contribution in [-0.2, 0) is 4.74 Å². The van der Waals surface area contributed by atoms with E-state index in [9.17, 15) is 4.79 Å². The Kier molecular flexibility index (Phi) is 5.68. The fourth-order valence-electron chi connectivity index (χ4n) is 2.69. The Bertz CT molecular complexity index is 560. The lowest BCUT2D eigenvalue weighted by Crippen LogP contribution is -2.44. The van der Waals surface area contributed by atoms with Crippen molar-refractivity contribution in [3.63, 3.8) is 0 Å². The average molecular weight is 341 g/mol. The van der Waals surface area contributed by atoms with Crippen LogP contribution >= 0.6 is 11.6 Å². The van der Waals surface area contributed by atoms with Gasteiger partial charge in [0, 0.05) is 23.8 Å². The van der Waals surface area contributed by atoms with Gasteiger partial charge in [-0.2, -0.15) is 0 Å². The van der Waals surface area contributed by atoms with Gasteiger partial charge in [-0.3, -0.25) is 0 Å². The molecule has 0 radical (unpaired) electrons. The Morgan fingerprint density at radius 2 is 2.04 bits per heavy atom. The smallest absolute Gasteiger partial charge is 0.407 e. The summed E-state index contributed by atoms with van der Waals surface area (Å²) in [7, 11) is 0. The van der Waals surface area contributed by atoms with Crippen molar-refractivity contribution in [3.8, 4) is 0 Å². The second kappa shape index (κ2) is 7.34. The second-order valence-corrected chi connectivity index (χ2v) is 7.36. The van der Waals surface area contributed by atoms with Gasteiger partial charge in [0.05, 0.1) is 0 Å². The molecule has 1 aliphatic rings. The van der Waals surface area contributed by atoms with Gasteiger partial charge in [-0.1, -0.05) is 0 Å². The third-order valence-electron chi connectivity index (χ3n) is 3.68. The number of hydrogen-bond donors (Lipinski definition) is 2. The molecule has 2 unspecified atom stereocenters. The normalized spacial score (nSPS) is 21.6. The van der Waals surface area contributed by atoms with Crippen molar-refractivity contribution >= 4 is 23.5 Å². The first kappa shape index (κ1) is 17.8. The highest BCUT2D eigenvalue weighted by atomic mass is 35.5. The molecule has 1 aromatic heterocycles. The second-order valence-electron chi connectivity index (χ2n) is 7.02. The highest BCUT2D eigenvalue weighted by Gasteiger charge is 2.26. The van der Waals surface area contributed by atoms with Gasteiger partial charge in [-0.05, 0) is 65.0 Å². The molecular formula is C16H25ClN4O2. The van der Waals surface area contributed by atoms with E-state index in [4.69, 9.17) is 16.3 Å². The molecule has 23 heavy (non-hydrogen) atoms. The number of nitrogens with zero attached hydrogens (tertiary/aromatic N) is 2. The fourth-order valence-corrected chi connectivity index (χ4v) is 2.82. The molecule has 0 aliphatic heterocycles. The number of amides is 1. The van der Waals surface area contributed by atoms with E-state index in [-0.39, 0.29) is 23.5 Å². The van der Waals surface area contributed by atoms with Gasteiger partial charge in [-0.25, -0.2) is 14.8 Å². The summed E-state index contributed by atoms with van der Waals surface area (Å²) < 4.78 is 5.32. The first-order valence-corrected chi connectivity index (χ1v) is 8.36. The van der Waals surface area contributed by atoms with E-state index in [1.807, 2.05) is 27.7 Å². The number of alkyl carbamates (subject to hydrolysis) is 1. The summed E-state index contributed by atoms with van der Waals surface area (Å²) in [4.78, 5) is 20.1. The summed E-state index contributed by atoms with van der Waals surface area (Å²) >= 11 is 5.86. The molecule has 2 N–H and O–H groups in total. The molecule has 0 bridgehead atoms. The highest BCUT2D eigenvalue weighted by molar-refractivity contribution is 6.28. The van der Waals surface area contributed by atoms with Gasteiger partial charge in [0.15, 0.2) is 0 Å². The predicted octanol–water partition coefficient (Wildman–Crippen LogP) is 3.69. The van der Waals surface area contributed by atoms with Gasteiger partial charge >= 0.3 is 6.09 Å². The molecule has 1 amide bonds. The van der Waals surface area contributed by atoms with Crippen LogP contribution in [-0.4, -0.2) is 33.7 Å². The van der Waals surface area contributed by atoms with Crippen molar-refractivity contribution < 1.29 is 9.53 Å². The van der Waals surface area contributed by atoms with Crippen LogP contribution in [0.25, 0.3) is 0 Å². The molecule has 0 saturated heterocycles. The zero-order valence-electron chi connectivity index (χ0n) is 14.1. The van der Waals surface area contributed by atoms with Gasteiger partial charge in [0.2, 0.25) is 5.28 Å². The predicted molar refractivity (Wildman–Crippen MR) is 90.8 cm³/mol. The van der Waals surface area contributed by atoms with Crippen molar-refractivity contribution in [1.29, 1.82) is 0 Å². The standard InChI is InChI=1S/C16H25ClN4O2/c1-10-9-18-14(17)21-13(10)19-11-6-5-7-12(8-11)20-15(22)23-16(2,3)4/h9,11-12H,5-8H2,1-4H3,(H,20,22)(H,18,19,21). The maximum Gasteiger partial charge on any atom is 0.407 e. The van der Waals surface area contributed by atoms with E-state index in [1.54, 1.807) is 6.20 Å². The molecule has 0 spiro atoms. The Labute approximate surface area is 142 Å². The number of rotatable bonds is 3. The minimum Gasteiger partial charge on any atom is -0.444 e. The average Bonchev–Trinajstić information content (AvgIpc) is 2.41. The van der Waals surface area contributed by atoms with Crippen LogP contribution < -0.4 is 10.6 Å². The number of halogens is 1. The molecular weight excluding hydrogens is 316 g/mol. The third kappa shape index (κ3) is 5.86. The largest absolute Gasteiger partial charge is 0.444 e. The van der Waals surface area contributed by atoms with E-state index in [1.165, 1.54) is 0 Å². The number of aryl methyl sites for hydroxylation is 1. The summed E-state index contributed by atoms with van der Waals surface area (Å²) in [6.45, 7) is 7.52. The minimum atomic E-state index is -0.481. The number of ether oxygens (including phenoxy) is 1. The van der Waals surface area contributed by atoms with Crippen LogP contribution in [0.15, 0.2) is 6.20 Å². The van der Waals surface area contributed by atoms with Crippen molar-refractivity contribution in [2.45, 2.75) is 71.1 Å². The van der Waals surface area contributed by atoms with Crippen molar-refractivity contribution in [2.75, 3.05) is 5.32 Å². The van der Waals surface area contributed by atoms with E-state index >= 15 is 0 Å². The van der Waals surface area contributed by atoms with Gasteiger partial charge in [0.1, 0.15) is 11.4 Å². The molecule has 1 heterocycles. The quantitative estimate of drug-likeness (QED) is 0.821. The topological polar surface area (TPSA) is 76.1 Å². The SMILES string of the molecule is Cc1cnc(Cl)nc1NC1CCCC(NC(=O)OC(C)(C)C)C1. The maximum atomic E-state index is 11.9. The van der Waals surface area contributed by atoms with Crippen LogP contribution in [0.5, 0.6) is 0 Å². The Morgan fingerprint density at radius 3 is 2.74 bits per heavy atom. The van der Waals surface area contributed by atoms with E-state index in [0.29, 0.717) is 0 Å². The zero-order chi connectivity index (χ0) is 17.0. The Hall–Kier alpha value is -1.56. The molecule has 6 nitrogen and oxygen atoms in total. The van der Waals surface area contributed by atoms with Crippen molar-refractivity contribution in [2.24, 2.45) is 0 Å². The number of carbonyl (C=O) groups excluding carboxylic acids is 1. The van der Waals surface area contributed by atoms with Crippen molar-refractivity contribution in [3.05, 3.63) is 17.0 Å². The molecule has 1 saturated carbocycles. The fraction of sp³-hybridized carbons (Fsp3) is 0.688. The Balaban J connectivity index is 1.90. The molecule has 1 fully saturated rings. The zero-order valence-corrected chi connectivity index (χ0v) is 14.9. The van der Waals surface area contributed by atoms with E-state index in [2.05, 4.69) is 20.6 Å². The lowest BCUT2D eigenvalue weighted by molar-refractivity contribution is 0.0492. The summed E-state index contributed by atoms with van der Waals surface area (Å²) in [5.41, 5.74) is 0.474. The molecule has 128 valence electrons. The molecule has 0 aromatic carbocycles. The van der Waals surface area contributed by atoms with Crippen LogP contribution in [0.3, 0.4) is 0 Å². The number of hydrogen-bond acceptors (Lipinski definition) is 5. The van der Waals surface area contributed by atoms with E-state index < -0.39 is 5.60 Å². The molecule has 7 heteroatoms. The third-order valence-corrected chi connectivity index (χ3v) is 3.86. The Morgan fingerprint density at radius 1 is 1.35 bits per heavy atom. The first-order valence-electron chi connectivity index (χ1n) is 7.98. The molecule has 1 aromatic rings. The summed E-state index contributed by atoms with van der Waals surface area (Å²) in [6.07, 6.45) is 5.21. The monoisotopic (exact) mass is 340 g/mol. The lowest BCUT2D eigenvalue weighted by Gasteiger charge is -2.31. The van der Waals surface area contributed by atoms with Crippen LogP contribution in [0.1, 0.15) is 52.0 Å². The van der Waals surface area contributed by atoms with E-state index in [0.717, 1.165) is 37.1 Å². The number of anilines is 1. The molecule has 2 rings (SSSR count). The summed E-state index contributed by atoms with van der Waals surface area (Å²) in [6, 6.07) is 0.349. The van der Waals surface area contributed by atoms with Crippen molar-refractivity contribution in [1.82, 2.24) is 15.3 Å². The van der Waals surface area contributed by atoms with Gasteiger partial charge < -0.3 is 15.4 Å². The highest BCUT2D eigenvalue weighted by Crippen LogP contribution is 2.23. The van der Waals surface area contributed by atoms with Crippen LogP contribution in [0.4, 0.5) is 10.6 Å². The first-order chi connectivity index (χ1) is 10.7. The molecule has 2 atom stereocenters. The lowest BCUT2D eigenvalue weighted by atomic mass is 9.91. The summed E-state index contributed by atoms with van der Waals surface area (Å²) in [5.74, 6) is 0.757. The van der Waals surface area contributed by atoms with Gasteiger partial charge in [0.25, 0.3) is 0 Å². The van der Waals surface area contributed by atoms with Gasteiger partial charge in [-0.15, -0.1) is 0 Å². The molecule has 1 aliphatic carbocycles. The minimum absolute atomic E-state index is 0.105. The number of nitrogens with one attached hydrogen (secondary N) is 2.